The maximum absolute atomic E-state index is 14.9. The number of halogens is 1. The van der Waals surface area contributed by atoms with E-state index in [4.69, 9.17) is 9.72 Å². The molecule has 0 atom stereocenters. The summed E-state index contributed by atoms with van der Waals surface area (Å²) in [6.45, 7) is 7.11. The number of hydrogen-bond donors (Lipinski definition) is 0. The Balaban J connectivity index is 1.90. The van der Waals surface area contributed by atoms with E-state index in [1.165, 1.54) is 24.4 Å². The molecule has 4 aromatic rings. The number of para-hydroxylation sites is 3. The molecule has 32 heavy (non-hydrogen) atoms. The van der Waals surface area contributed by atoms with E-state index in [0.29, 0.717) is 5.92 Å². The van der Waals surface area contributed by atoms with E-state index in [9.17, 15) is 14.0 Å². The van der Waals surface area contributed by atoms with Gasteiger partial charge < -0.3 is 13.9 Å². The average Bonchev–Trinajstić information content (AvgIpc) is 3.11. The van der Waals surface area contributed by atoms with Crippen LogP contribution in [0.4, 0.5) is 4.39 Å². The molecule has 0 radical (unpaired) electrons. The summed E-state index contributed by atoms with van der Waals surface area (Å²) < 4.78 is 23.6. The molecule has 0 spiro atoms. The van der Waals surface area contributed by atoms with Gasteiger partial charge in [-0.1, -0.05) is 32.0 Å². The van der Waals surface area contributed by atoms with Crippen LogP contribution in [-0.4, -0.2) is 26.7 Å². The fourth-order valence-corrected chi connectivity index (χ4v) is 3.93. The van der Waals surface area contributed by atoms with E-state index in [2.05, 4.69) is 18.4 Å². The minimum absolute atomic E-state index is 0.116. The molecular formula is C25H26FN3O3. The van der Waals surface area contributed by atoms with Gasteiger partial charge >= 0.3 is 5.97 Å². The highest BCUT2D eigenvalue weighted by atomic mass is 19.1. The molecule has 166 valence electrons. The fraction of sp³-hybridized carbons (Fsp3) is 0.320. The van der Waals surface area contributed by atoms with Gasteiger partial charge in [-0.05, 0) is 43.5 Å². The van der Waals surface area contributed by atoms with Gasteiger partial charge in [-0.2, -0.15) is 0 Å². The second kappa shape index (κ2) is 8.94. The number of aryl methyl sites for hydroxylation is 1. The topological polar surface area (TPSA) is 66.1 Å². The standard InChI is InChI=1S/C25H26FN3O3/c1-4-32-25(31)18-14-28(23-17(24(18)30)8-7-9-19(23)26)15-22-27-20-10-5-6-11-21(20)29(22)13-12-16(2)3/h5-11,14,16H,4,12-13,15H2,1-3H3. The van der Waals surface area contributed by atoms with Crippen LogP contribution in [0.15, 0.2) is 53.5 Å². The van der Waals surface area contributed by atoms with Gasteiger partial charge in [0.2, 0.25) is 5.43 Å². The lowest BCUT2D eigenvalue weighted by atomic mass is 10.1. The van der Waals surface area contributed by atoms with Crippen molar-refractivity contribution in [3.63, 3.8) is 0 Å². The minimum Gasteiger partial charge on any atom is -0.462 e. The van der Waals surface area contributed by atoms with E-state index in [-0.39, 0.29) is 29.6 Å². The third-order valence-electron chi connectivity index (χ3n) is 5.52. The summed E-state index contributed by atoms with van der Waals surface area (Å²) in [5.74, 6) is -0.00876. The summed E-state index contributed by atoms with van der Waals surface area (Å²) in [5, 5.41) is 0.139. The smallest absolute Gasteiger partial charge is 0.343 e. The molecule has 6 nitrogen and oxygen atoms in total. The Morgan fingerprint density at radius 2 is 1.94 bits per heavy atom. The van der Waals surface area contributed by atoms with Crippen molar-refractivity contribution in [2.75, 3.05) is 6.61 Å². The molecule has 2 aromatic carbocycles. The highest BCUT2D eigenvalue weighted by molar-refractivity contribution is 5.94. The molecule has 0 aliphatic heterocycles. The molecule has 0 aliphatic rings. The van der Waals surface area contributed by atoms with Gasteiger partial charge in [0, 0.05) is 18.1 Å². The number of carbonyl (C=O) groups excluding carboxylic acids is 1. The first-order valence-corrected chi connectivity index (χ1v) is 10.8. The lowest BCUT2D eigenvalue weighted by Crippen LogP contribution is -2.22. The molecule has 0 amide bonds. The van der Waals surface area contributed by atoms with Crippen LogP contribution in [0.2, 0.25) is 0 Å². The monoisotopic (exact) mass is 435 g/mol. The second-order valence-electron chi connectivity index (χ2n) is 8.21. The van der Waals surface area contributed by atoms with E-state index < -0.39 is 17.2 Å². The fourth-order valence-electron chi connectivity index (χ4n) is 3.93. The van der Waals surface area contributed by atoms with Crippen LogP contribution in [0.25, 0.3) is 21.9 Å². The van der Waals surface area contributed by atoms with Gasteiger partial charge in [0.25, 0.3) is 0 Å². The van der Waals surface area contributed by atoms with Crippen LogP contribution in [-0.2, 0) is 17.8 Å². The summed E-state index contributed by atoms with van der Waals surface area (Å²) in [6, 6.07) is 12.2. The molecular weight excluding hydrogens is 409 g/mol. The van der Waals surface area contributed by atoms with E-state index in [1.54, 1.807) is 11.5 Å². The number of esters is 1. The highest BCUT2D eigenvalue weighted by Gasteiger charge is 2.20. The SMILES string of the molecule is CCOC(=O)c1cn(Cc2nc3ccccc3n2CCC(C)C)c2c(F)cccc2c1=O. The third kappa shape index (κ3) is 4.02. The van der Waals surface area contributed by atoms with Crippen LogP contribution < -0.4 is 5.43 Å². The zero-order valence-electron chi connectivity index (χ0n) is 18.5. The maximum Gasteiger partial charge on any atom is 0.343 e. The van der Waals surface area contributed by atoms with Crippen molar-refractivity contribution < 1.29 is 13.9 Å². The first kappa shape index (κ1) is 21.7. The Labute approximate surface area is 185 Å². The number of nitrogens with zero attached hydrogens (tertiary/aromatic N) is 3. The third-order valence-corrected chi connectivity index (χ3v) is 5.52. The van der Waals surface area contributed by atoms with E-state index in [1.807, 2.05) is 24.3 Å². The number of carbonyl (C=O) groups is 1. The number of hydrogen-bond acceptors (Lipinski definition) is 4. The van der Waals surface area contributed by atoms with Gasteiger partial charge in [0.05, 0.1) is 29.7 Å². The normalized spacial score (nSPS) is 11.5. The van der Waals surface area contributed by atoms with Gasteiger partial charge in [-0.25, -0.2) is 14.2 Å². The molecule has 0 bridgehead atoms. The molecule has 0 fully saturated rings. The van der Waals surface area contributed by atoms with E-state index >= 15 is 0 Å². The second-order valence-corrected chi connectivity index (χ2v) is 8.21. The van der Waals surface area contributed by atoms with Crippen molar-refractivity contribution in [1.29, 1.82) is 0 Å². The lowest BCUT2D eigenvalue weighted by molar-refractivity contribution is 0.0524. The summed E-state index contributed by atoms with van der Waals surface area (Å²) in [6.07, 6.45) is 2.35. The molecule has 0 N–H and O–H groups in total. The van der Waals surface area contributed by atoms with E-state index in [0.717, 1.165) is 29.8 Å². The minimum atomic E-state index is -0.717. The number of benzene rings is 2. The maximum atomic E-state index is 14.9. The first-order valence-electron chi connectivity index (χ1n) is 10.8. The molecule has 7 heteroatoms. The number of ether oxygens (including phenoxy) is 1. The predicted molar refractivity (Wildman–Crippen MR) is 122 cm³/mol. The van der Waals surface area contributed by atoms with Crippen LogP contribution in [0.5, 0.6) is 0 Å². The van der Waals surface area contributed by atoms with Crippen LogP contribution in [0.1, 0.15) is 43.4 Å². The average molecular weight is 435 g/mol. The Bertz CT molecular complexity index is 1350. The van der Waals surface area contributed by atoms with Crippen LogP contribution in [0.3, 0.4) is 0 Å². The Morgan fingerprint density at radius 3 is 2.69 bits per heavy atom. The number of fused-ring (bicyclic) bond motifs is 2. The molecule has 4 rings (SSSR count). The van der Waals surface area contributed by atoms with Crippen LogP contribution in [0, 0.1) is 11.7 Å². The first-order chi connectivity index (χ1) is 15.4. The van der Waals surface area contributed by atoms with Gasteiger partial charge in [-0.15, -0.1) is 0 Å². The predicted octanol–water partition coefficient (Wildman–Crippen LogP) is 4.76. The summed E-state index contributed by atoms with van der Waals surface area (Å²) in [7, 11) is 0. The number of imidazole rings is 1. The van der Waals surface area contributed by atoms with Crippen molar-refractivity contribution >= 4 is 27.9 Å². The van der Waals surface area contributed by atoms with Gasteiger partial charge in [0.1, 0.15) is 17.2 Å². The van der Waals surface area contributed by atoms with Crippen molar-refractivity contribution in [1.82, 2.24) is 14.1 Å². The number of aromatic nitrogens is 3. The van der Waals surface area contributed by atoms with Gasteiger partial charge in [-0.3, -0.25) is 4.79 Å². The quantitative estimate of drug-likeness (QED) is 0.393. The Morgan fingerprint density at radius 1 is 1.16 bits per heavy atom. The van der Waals surface area contributed by atoms with Crippen LogP contribution >= 0.6 is 0 Å². The zero-order chi connectivity index (χ0) is 22.8. The largest absolute Gasteiger partial charge is 0.462 e. The zero-order valence-corrected chi connectivity index (χ0v) is 18.5. The van der Waals surface area contributed by atoms with Crippen molar-refractivity contribution in [2.45, 2.75) is 40.3 Å². The van der Waals surface area contributed by atoms with Crippen molar-refractivity contribution in [2.24, 2.45) is 5.92 Å². The molecule has 0 saturated heterocycles. The Hall–Kier alpha value is -3.48. The molecule has 2 aromatic heterocycles. The van der Waals surface area contributed by atoms with Crippen molar-refractivity contribution in [3.05, 3.63) is 76.1 Å². The van der Waals surface area contributed by atoms with Crippen molar-refractivity contribution in [3.8, 4) is 0 Å². The summed E-state index contributed by atoms with van der Waals surface area (Å²) >= 11 is 0. The number of rotatable bonds is 7. The number of pyridine rings is 1. The molecule has 0 saturated carbocycles. The molecule has 2 heterocycles. The molecule has 0 aliphatic carbocycles. The molecule has 0 unspecified atom stereocenters. The summed E-state index contributed by atoms with van der Waals surface area (Å²) in [4.78, 5) is 30.1. The lowest BCUT2D eigenvalue weighted by Gasteiger charge is -2.16. The summed E-state index contributed by atoms with van der Waals surface area (Å²) in [5.41, 5.74) is 1.34. The Kier molecular flexibility index (Phi) is 6.08. The highest BCUT2D eigenvalue weighted by Crippen LogP contribution is 2.22. The van der Waals surface area contributed by atoms with Gasteiger partial charge in [0.15, 0.2) is 0 Å².